The van der Waals surface area contributed by atoms with Crippen molar-refractivity contribution in [1.82, 2.24) is 0 Å². The van der Waals surface area contributed by atoms with Crippen molar-refractivity contribution >= 4 is 34.6 Å². The lowest BCUT2D eigenvalue weighted by Gasteiger charge is -2.04. The number of hydrogen-bond donors (Lipinski definition) is 1. The van der Waals surface area contributed by atoms with Gasteiger partial charge >= 0.3 is 5.97 Å². The van der Waals surface area contributed by atoms with E-state index in [0.717, 1.165) is 10.9 Å². The van der Waals surface area contributed by atoms with E-state index in [9.17, 15) is 9.18 Å². The van der Waals surface area contributed by atoms with Crippen molar-refractivity contribution in [1.29, 1.82) is 0 Å². The molecule has 0 aliphatic rings. The van der Waals surface area contributed by atoms with Crippen LogP contribution in [0.15, 0.2) is 30.3 Å². The fraction of sp³-hybridized carbons (Fsp3) is 0.0833. The number of esters is 1. The summed E-state index contributed by atoms with van der Waals surface area (Å²) in [5.41, 5.74) is 5.52. The molecule has 94 valence electrons. The Kier molecular flexibility index (Phi) is 3.84. The molecule has 0 saturated carbocycles. The summed E-state index contributed by atoms with van der Waals surface area (Å²) in [5, 5.41) is 0. The summed E-state index contributed by atoms with van der Waals surface area (Å²) in [5.74, 6) is -1.42. The number of anilines is 1. The van der Waals surface area contributed by atoms with Crippen LogP contribution in [0.4, 0.5) is 10.1 Å². The second-order valence-corrected chi connectivity index (χ2v) is 5.32. The summed E-state index contributed by atoms with van der Waals surface area (Å²) in [6, 6.07) is 7.29. The molecule has 0 saturated heterocycles. The van der Waals surface area contributed by atoms with E-state index in [4.69, 9.17) is 22.1 Å². The van der Waals surface area contributed by atoms with Crippen LogP contribution in [0.5, 0.6) is 0 Å². The first-order chi connectivity index (χ1) is 8.56. The van der Waals surface area contributed by atoms with Crippen LogP contribution in [-0.2, 0) is 11.3 Å². The molecule has 1 aromatic heterocycles. The van der Waals surface area contributed by atoms with Gasteiger partial charge in [0.05, 0.1) is 9.90 Å². The zero-order valence-electron chi connectivity index (χ0n) is 9.15. The highest BCUT2D eigenvalue weighted by atomic mass is 35.5. The number of benzene rings is 1. The molecule has 1 aromatic carbocycles. The highest BCUT2D eigenvalue weighted by molar-refractivity contribution is 7.16. The number of thiophene rings is 1. The first kappa shape index (κ1) is 12.9. The lowest BCUT2D eigenvalue weighted by Crippen LogP contribution is -2.07. The van der Waals surface area contributed by atoms with E-state index in [2.05, 4.69) is 0 Å². The second-order valence-electron chi connectivity index (χ2n) is 3.52. The predicted octanol–water partition coefficient (Wildman–Crippen LogP) is 3.48. The Bertz CT molecular complexity index is 585. The largest absolute Gasteiger partial charge is 0.456 e. The first-order valence-electron chi connectivity index (χ1n) is 5.02. The van der Waals surface area contributed by atoms with Gasteiger partial charge in [-0.2, -0.15) is 0 Å². The molecule has 1 heterocycles. The molecule has 0 amide bonds. The number of carbonyl (C=O) groups excluding carboxylic acids is 1. The smallest absolute Gasteiger partial charge is 0.341 e. The van der Waals surface area contributed by atoms with Crippen molar-refractivity contribution < 1.29 is 13.9 Å². The summed E-state index contributed by atoms with van der Waals surface area (Å²) in [6.07, 6.45) is 0. The van der Waals surface area contributed by atoms with Crippen LogP contribution in [-0.4, -0.2) is 5.97 Å². The average molecular weight is 286 g/mol. The molecular weight excluding hydrogens is 277 g/mol. The van der Waals surface area contributed by atoms with Gasteiger partial charge in [-0.25, -0.2) is 9.18 Å². The van der Waals surface area contributed by atoms with E-state index < -0.39 is 11.8 Å². The summed E-state index contributed by atoms with van der Waals surface area (Å²) >= 11 is 7.05. The van der Waals surface area contributed by atoms with Crippen LogP contribution < -0.4 is 5.73 Å². The quantitative estimate of drug-likeness (QED) is 0.694. The van der Waals surface area contributed by atoms with Crippen LogP contribution in [0.1, 0.15) is 15.2 Å². The third-order valence-electron chi connectivity index (χ3n) is 2.19. The fourth-order valence-corrected chi connectivity index (χ4v) is 2.34. The van der Waals surface area contributed by atoms with Gasteiger partial charge in [-0.05, 0) is 30.3 Å². The molecule has 0 bridgehead atoms. The molecule has 0 radical (unpaired) electrons. The summed E-state index contributed by atoms with van der Waals surface area (Å²) in [7, 11) is 0. The highest BCUT2D eigenvalue weighted by Crippen LogP contribution is 2.22. The number of hydrogen-bond acceptors (Lipinski definition) is 4. The van der Waals surface area contributed by atoms with E-state index in [-0.39, 0.29) is 17.9 Å². The molecule has 2 N–H and O–H groups in total. The number of nitrogens with two attached hydrogens (primary N) is 1. The molecule has 0 unspecified atom stereocenters. The molecule has 0 spiro atoms. The minimum absolute atomic E-state index is 0.0695. The average Bonchev–Trinajstić information content (AvgIpc) is 2.72. The summed E-state index contributed by atoms with van der Waals surface area (Å²) in [4.78, 5) is 12.4. The zero-order chi connectivity index (χ0) is 13.1. The van der Waals surface area contributed by atoms with Gasteiger partial charge in [0.15, 0.2) is 0 Å². The molecule has 18 heavy (non-hydrogen) atoms. The fourth-order valence-electron chi connectivity index (χ4n) is 1.34. The number of halogens is 2. The van der Waals surface area contributed by atoms with Crippen molar-refractivity contribution in [2.45, 2.75) is 6.61 Å². The second kappa shape index (κ2) is 5.37. The van der Waals surface area contributed by atoms with Crippen LogP contribution in [0.25, 0.3) is 0 Å². The Balaban J connectivity index is 2.03. The Morgan fingerprint density at radius 1 is 1.39 bits per heavy atom. The van der Waals surface area contributed by atoms with Gasteiger partial charge in [-0.15, -0.1) is 11.3 Å². The van der Waals surface area contributed by atoms with Crippen molar-refractivity contribution in [2.75, 3.05) is 5.73 Å². The van der Waals surface area contributed by atoms with E-state index in [0.29, 0.717) is 4.34 Å². The Labute approximate surface area is 112 Å². The van der Waals surface area contributed by atoms with Gasteiger partial charge in [-0.3, -0.25) is 0 Å². The zero-order valence-corrected chi connectivity index (χ0v) is 10.7. The maximum atomic E-state index is 13.4. The SMILES string of the molecule is Nc1ccc(C(=O)OCc2ccc(Cl)s2)c(F)c1. The van der Waals surface area contributed by atoms with Crippen LogP contribution in [0, 0.1) is 5.82 Å². The van der Waals surface area contributed by atoms with Crippen LogP contribution >= 0.6 is 22.9 Å². The molecule has 0 aliphatic heterocycles. The predicted molar refractivity (Wildman–Crippen MR) is 69.3 cm³/mol. The highest BCUT2D eigenvalue weighted by Gasteiger charge is 2.13. The molecule has 0 atom stereocenters. The van der Waals surface area contributed by atoms with E-state index in [1.165, 1.54) is 23.5 Å². The molecule has 3 nitrogen and oxygen atoms in total. The van der Waals surface area contributed by atoms with E-state index >= 15 is 0 Å². The third kappa shape index (κ3) is 3.00. The monoisotopic (exact) mass is 285 g/mol. The number of carbonyl (C=O) groups is 1. The lowest BCUT2D eigenvalue weighted by molar-refractivity contribution is 0.0471. The minimum Gasteiger partial charge on any atom is -0.456 e. The molecule has 2 aromatic rings. The first-order valence-corrected chi connectivity index (χ1v) is 6.22. The maximum Gasteiger partial charge on any atom is 0.341 e. The van der Waals surface area contributed by atoms with Gasteiger partial charge in [0.1, 0.15) is 12.4 Å². The molecule has 6 heteroatoms. The lowest BCUT2D eigenvalue weighted by atomic mass is 10.2. The number of ether oxygens (including phenoxy) is 1. The van der Waals surface area contributed by atoms with Crippen molar-refractivity contribution in [3.05, 3.63) is 50.9 Å². The third-order valence-corrected chi connectivity index (χ3v) is 3.39. The number of nitrogen functional groups attached to an aromatic ring is 1. The Hall–Kier alpha value is -1.59. The van der Waals surface area contributed by atoms with Gasteiger partial charge in [0, 0.05) is 10.6 Å². The normalized spacial score (nSPS) is 10.3. The van der Waals surface area contributed by atoms with E-state index in [1.54, 1.807) is 12.1 Å². The number of rotatable bonds is 3. The summed E-state index contributed by atoms with van der Waals surface area (Å²) in [6.45, 7) is 0.0695. The molecule has 0 aliphatic carbocycles. The van der Waals surface area contributed by atoms with E-state index in [1.807, 2.05) is 0 Å². The van der Waals surface area contributed by atoms with Crippen LogP contribution in [0.3, 0.4) is 0 Å². The van der Waals surface area contributed by atoms with Gasteiger partial charge in [-0.1, -0.05) is 11.6 Å². The van der Waals surface area contributed by atoms with Gasteiger partial charge in [0.2, 0.25) is 0 Å². The molecule has 2 rings (SSSR count). The maximum absolute atomic E-state index is 13.4. The van der Waals surface area contributed by atoms with Crippen molar-refractivity contribution in [3.63, 3.8) is 0 Å². The molecule has 0 fully saturated rings. The van der Waals surface area contributed by atoms with Gasteiger partial charge < -0.3 is 10.5 Å². The minimum atomic E-state index is -0.725. The summed E-state index contributed by atoms with van der Waals surface area (Å²) < 4.78 is 19.0. The standard InChI is InChI=1S/C12H9ClFNO2S/c13-11-4-2-8(18-11)6-17-12(16)9-3-1-7(15)5-10(9)14/h1-5H,6,15H2. The van der Waals surface area contributed by atoms with Gasteiger partial charge in [0.25, 0.3) is 0 Å². The topological polar surface area (TPSA) is 52.3 Å². The van der Waals surface area contributed by atoms with Crippen molar-refractivity contribution in [2.24, 2.45) is 0 Å². The molecular formula is C12H9ClFNO2S. The van der Waals surface area contributed by atoms with Crippen molar-refractivity contribution in [3.8, 4) is 0 Å². The van der Waals surface area contributed by atoms with Crippen LogP contribution in [0.2, 0.25) is 4.34 Å². The Morgan fingerprint density at radius 3 is 2.78 bits per heavy atom. The Morgan fingerprint density at radius 2 is 2.17 bits per heavy atom.